The number of pyridine rings is 2. The van der Waals surface area contributed by atoms with Gasteiger partial charge in [-0.25, -0.2) is 18.7 Å². The van der Waals surface area contributed by atoms with Gasteiger partial charge in [-0.1, -0.05) is 0 Å². The number of hydrogen-bond donors (Lipinski definition) is 2. The van der Waals surface area contributed by atoms with Crippen molar-refractivity contribution in [3.8, 4) is 0 Å². The van der Waals surface area contributed by atoms with E-state index in [1.807, 2.05) is 6.92 Å². The number of aryl methyl sites for hydroxylation is 1. The Hall–Kier alpha value is -2.91. The lowest BCUT2D eigenvalue weighted by molar-refractivity contribution is -0.117. The molecular formula is C18H14BF2N3O3. The van der Waals surface area contributed by atoms with Crippen LogP contribution in [0.2, 0.25) is 0 Å². The van der Waals surface area contributed by atoms with Crippen LogP contribution in [-0.2, 0) is 17.8 Å². The summed E-state index contributed by atoms with van der Waals surface area (Å²) in [6.45, 7) is 1.50. The number of anilines is 1. The van der Waals surface area contributed by atoms with E-state index in [0.717, 1.165) is 17.8 Å². The van der Waals surface area contributed by atoms with Crippen molar-refractivity contribution in [3.63, 3.8) is 0 Å². The molecule has 2 N–H and O–H groups in total. The fraction of sp³-hybridized carbons (Fsp3) is 0.167. The van der Waals surface area contributed by atoms with Gasteiger partial charge in [0.25, 0.3) is 0 Å². The Morgan fingerprint density at radius 1 is 1.22 bits per heavy atom. The van der Waals surface area contributed by atoms with Crippen molar-refractivity contribution >= 4 is 35.2 Å². The zero-order valence-electron chi connectivity index (χ0n) is 14.3. The van der Waals surface area contributed by atoms with E-state index in [-0.39, 0.29) is 29.9 Å². The van der Waals surface area contributed by atoms with E-state index in [0.29, 0.717) is 22.3 Å². The number of carbonyl (C=O) groups excluding carboxylic acids is 1. The van der Waals surface area contributed by atoms with Crippen LogP contribution in [0.3, 0.4) is 0 Å². The molecule has 27 heavy (non-hydrogen) atoms. The standard InChI is InChI=1S/C18H14BF2N3O3/c1-9-2-3-12-17-10(7-22-18(12)23-9)4-16(25)24(17)8-13-14(20)5-11(19(26)27)6-15(13)21/h2-3,5-7,26-27H,4,8H2,1H3. The Balaban J connectivity index is 1.80. The number of hydrogen-bond acceptors (Lipinski definition) is 5. The number of benzene rings is 1. The van der Waals surface area contributed by atoms with Gasteiger partial charge >= 0.3 is 7.12 Å². The van der Waals surface area contributed by atoms with E-state index in [1.54, 1.807) is 18.3 Å². The molecule has 0 spiro atoms. The average molecular weight is 369 g/mol. The van der Waals surface area contributed by atoms with Gasteiger partial charge in [-0.05, 0) is 36.7 Å². The predicted octanol–water partition coefficient (Wildman–Crippen LogP) is 0.986. The Kier molecular flexibility index (Phi) is 4.13. The molecule has 1 aromatic carbocycles. The third-order valence-corrected chi connectivity index (χ3v) is 4.61. The maximum atomic E-state index is 14.4. The van der Waals surface area contributed by atoms with Gasteiger partial charge < -0.3 is 14.9 Å². The summed E-state index contributed by atoms with van der Waals surface area (Å²) >= 11 is 0. The summed E-state index contributed by atoms with van der Waals surface area (Å²) in [4.78, 5) is 22.4. The van der Waals surface area contributed by atoms with Crippen LogP contribution in [0.1, 0.15) is 16.8 Å². The molecule has 0 atom stereocenters. The van der Waals surface area contributed by atoms with Crippen LogP contribution in [-0.4, -0.2) is 33.0 Å². The Bertz CT molecular complexity index is 1070. The summed E-state index contributed by atoms with van der Waals surface area (Å²) in [5.41, 5.74) is 1.81. The summed E-state index contributed by atoms with van der Waals surface area (Å²) in [5.74, 6) is -2.21. The number of halogens is 2. The first-order valence-corrected chi connectivity index (χ1v) is 8.24. The van der Waals surface area contributed by atoms with E-state index >= 15 is 0 Å². The number of aromatic nitrogens is 2. The van der Waals surface area contributed by atoms with E-state index in [1.165, 1.54) is 4.90 Å². The Morgan fingerprint density at radius 2 is 1.93 bits per heavy atom. The van der Waals surface area contributed by atoms with Gasteiger partial charge in [-0.15, -0.1) is 0 Å². The summed E-state index contributed by atoms with van der Waals surface area (Å²) in [7, 11) is -1.98. The highest BCUT2D eigenvalue weighted by atomic mass is 19.1. The van der Waals surface area contributed by atoms with Gasteiger partial charge in [0.05, 0.1) is 18.7 Å². The molecule has 0 saturated carbocycles. The minimum atomic E-state index is -1.98. The van der Waals surface area contributed by atoms with Crippen molar-refractivity contribution in [1.29, 1.82) is 0 Å². The van der Waals surface area contributed by atoms with Crippen molar-refractivity contribution in [1.82, 2.24) is 9.97 Å². The second-order valence-electron chi connectivity index (χ2n) is 6.45. The Morgan fingerprint density at radius 3 is 2.59 bits per heavy atom. The molecule has 6 nitrogen and oxygen atoms in total. The second kappa shape index (κ2) is 6.36. The van der Waals surface area contributed by atoms with E-state index < -0.39 is 18.8 Å². The molecule has 0 bridgehead atoms. The molecule has 3 heterocycles. The maximum absolute atomic E-state index is 14.4. The van der Waals surface area contributed by atoms with Gasteiger partial charge in [-0.3, -0.25) is 4.79 Å². The highest BCUT2D eigenvalue weighted by Crippen LogP contribution is 2.36. The first-order valence-electron chi connectivity index (χ1n) is 8.24. The van der Waals surface area contributed by atoms with Crippen molar-refractivity contribution in [3.05, 3.63) is 58.9 Å². The molecule has 3 aromatic rings. The minimum absolute atomic E-state index is 0.0861. The van der Waals surface area contributed by atoms with Gasteiger partial charge in [0.15, 0.2) is 5.65 Å². The fourth-order valence-corrected chi connectivity index (χ4v) is 3.28. The molecule has 0 saturated heterocycles. The molecule has 1 aliphatic heterocycles. The number of rotatable bonds is 3. The second-order valence-corrected chi connectivity index (χ2v) is 6.45. The van der Waals surface area contributed by atoms with Crippen LogP contribution in [0.25, 0.3) is 11.0 Å². The van der Waals surface area contributed by atoms with Crippen LogP contribution >= 0.6 is 0 Å². The zero-order valence-corrected chi connectivity index (χ0v) is 14.3. The molecule has 136 valence electrons. The zero-order chi connectivity index (χ0) is 19.3. The molecule has 1 aliphatic rings. The SMILES string of the molecule is Cc1ccc2c3c(cnc2n1)CC(=O)N3Cc1c(F)cc(B(O)O)cc1F. The molecule has 1 amide bonds. The Labute approximate surface area is 153 Å². The summed E-state index contributed by atoms with van der Waals surface area (Å²) < 4.78 is 28.7. The maximum Gasteiger partial charge on any atom is 0.488 e. The van der Waals surface area contributed by atoms with Crippen molar-refractivity contribution in [2.24, 2.45) is 0 Å². The molecular weight excluding hydrogens is 355 g/mol. The lowest BCUT2D eigenvalue weighted by atomic mass is 9.79. The summed E-state index contributed by atoms with van der Waals surface area (Å²) in [6.07, 6.45) is 1.64. The predicted molar refractivity (Wildman–Crippen MR) is 95.4 cm³/mol. The molecule has 2 aromatic heterocycles. The molecule has 9 heteroatoms. The number of fused-ring (bicyclic) bond motifs is 3. The summed E-state index contributed by atoms with van der Waals surface area (Å²) in [5, 5.41) is 18.8. The number of nitrogens with zero attached hydrogens (tertiary/aromatic N) is 3. The van der Waals surface area contributed by atoms with Crippen LogP contribution in [0, 0.1) is 18.6 Å². The number of amides is 1. The minimum Gasteiger partial charge on any atom is -0.423 e. The largest absolute Gasteiger partial charge is 0.488 e. The molecule has 4 rings (SSSR count). The molecule has 0 aliphatic carbocycles. The van der Waals surface area contributed by atoms with Crippen molar-refractivity contribution in [2.75, 3.05) is 4.90 Å². The smallest absolute Gasteiger partial charge is 0.423 e. The quantitative estimate of drug-likeness (QED) is 0.673. The van der Waals surface area contributed by atoms with Gasteiger partial charge in [0, 0.05) is 28.4 Å². The lowest BCUT2D eigenvalue weighted by Gasteiger charge is -2.20. The van der Waals surface area contributed by atoms with Gasteiger partial charge in [-0.2, -0.15) is 0 Å². The molecule has 0 fully saturated rings. The van der Waals surface area contributed by atoms with Crippen LogP contribution in [0.15, 0.2) is 30.5 Å². The lowest BCUT2D eigenvalue weighted by Crippen LogP contribution is -2.32. The average Bonchev–Trinajstić information content (AvgIpc) is 2.93. The van der Waals surface area contributed by atoms with Crippen LogP contribution in [0.4, 0.5) is 14.5 Å². The van der Waals surface area contributed by atoms with E-state index in [9.17, 15) is 13.6 Å². The van der Waals surface area contributed by atoms with Crippen molar-refractivity contribution in [2.45, 2.75) is 19.9 Å². The van der Waals surface area contributed by atoms with Crippen LogP contribution < -0.4 is 10.4 Å². The van der Waals surface area contributed by atoms with Crippen LogP contribution in [0.5, 0.6) is 0 Å². The topological polar surface area (TPSA) is 86.6 Å². The highest BCUT2D eigenvalue weighted by Gasteiger charge is 2.31. The monoisotopic (exact) mass is 369 g/mol. The third-order valence-electron chi connectivity index (χ3n) is 4.61. The van der Waals surface area contributed by atoms with E-state index in [4.69, 9.17) is 10.0 Å². The molecule has 0 unspecified atom stereocenters. The van der Waals surface area contributed by atoms with Gasteiger partial charge in [0.2, 0.25) is 5.91 Å². The van der Waals surface area contributed by atoms with Gasteiger partial charge in [0.1, 0.15) is 11.6 Å². The normalized spacial score (nSPS) is 13.4. The fourth-order valence-electron chi connectivity index (χ4n) is 3.28. The third kappa shape index (κ3) is 2.94. The van der Waals surface area contributed by atoms with Crippen molar-refractivity contribution < 1.29 is 23.6 Å². The number of carbonyl (C=O) groups is 1. The highest BCUT2D eigenvalue weighted by molar-refractivity contribution is 6.58. The molecule has 0 radical (unpaired) electrons. The summed E-state index contributed by atoms with van der Waals surface area (Å²) in [6, 6.07) is 5.26. The first kappa shape index (κ1) is 17.5. The first-order chi connectivity index (χ1) is 12.8. The van der Waals surface area contributed by atoms with E-state index in [2.05, 4.69) is 9.97 Å².